The number of alkyl halides is 3. The smallest absolute Gasteiger partial charge is 0.496 e. The number of fused-ring (bicyclic) bond motifs is 1. The van der Waals surface area contributed by atoms with Crippen LogP contribution in [0.3, 0.4) is 0 Å². The highest BCUT2D eigenvalue weighted by Crippen LogP contribution is 2.45. The Kier molecular flexibility index (Phi) is 6.45. The molecule has 3 rings (SSSR count). The van der Waals surface area contributed by atoms with E-state index in [9.17, 15) is 31.2 Å². The van der Waals surface area contributed by atoms with Gasteiger partial charge in [-0.1, -0.05) is 11.6 Å². The molecule has 0 bridgehead atoms. The predicted octanol–water partition coefficient (Wildman–Crippen LogP) is 3.65. The number of halogens is 3. The molecule has 12 heteroatoms. The van der Waals surface area contributed by atoms with Crippen LogP contribution in [0.15, 0.2) is 11.6 Å². The third-order valence-electron chi connectivity index (χ3n) is 5.63. The highest BCUT2D eigenvalue weighted by atomic mass is 32.2. The standard InChI is InChI=1S/C20H21F3O8S/c1-10-14-9-30-19(26)16(14)18(31-32(27,28)20(21,22)23)13(17(10)29-2)7-6-11-4-3-5-12(11)8-15(24)25/h6,12H,3-5,7-9H2,1-2H3,(H,24,25)/t12-/m0/s1. The summed E-state index contributed by atoms with van der Waals surface area (Å²) in [5, 5.41) is 9.09. The fraction of sp³-hybridized carbons (Fsp3) is 0.500. The van der Waals surface area contributed by atoms with Crippen LogP contribution in [-0.2, 0) is 32.7 Å². The number of esters is 1. The second kappa shape index (κ2) is 8.64. The fourth-order valence-corrected chi connectivity index (χ4v) is 4.64. The Hall–Kier alpha value is -2.76. The van der Waals surface area contributed by atoms with Crippen molar-refractivity contribution in [3.8, 4) is 11.5 Å². The quantitative estimate of drug-likeness (QED) is 0.273. The normalized spacial score (nSPS) is 19.7. The number of benzene rings is 1. The number of allylic oxidation sites excluding steroid dienone is 2. The lowest BCUT2D eigenvalue weighted by molar-refractivity contribution is -0.137. The monoisotopic (exact) mass is 478 g/mol. The number of methoxy groups -OCH3 is 1. The molecule has 1 fully saturated rings. The van der Waals surface area contributed by atoms with Crippen molar-refractivity contribution in [2.24, 2.45) is 5.92 Å². The van der Waals surface area contributed by atoms with Gasteiger partial charge in [0.2, 0.25) is 0 Å². The van der Waals surface area contributed by atoms with Gasteiger partial charge in [-0.3, -0.25) is 4.79 Å². The van der Waals surface area contributed by atoms with Crippen molar-refractivity contribution in [1.29, 1.82) is 0 Å². The zero-order chi connectivity index (χ0) is 23.8. The van der Waals surface area contributed by atoms with Gasteiger partial charge in [-0.05, 0) is 44.1 Å². The van der Waals surface area contributed by atoms with Crippen molar-refractivity contribution in [3.05, 3.63) is 33.9 Å². The molecule has 32 heavy (non-hydrogen) atoms. The maximum absolute atomic E-state index is 13.0. The molecule has 2 aliphatic rings. The van der Waals surface area contributed by atoms with E-state index in [-0.39, 0.29) is 42.2 Å². The van der Waals surface area contributed by atoms with Crippen LogP contribution >= 0.6 is 0 Å². The summed E-state index contributed by atoms with van der Waals surface area (Å²) in [5.74, 6) is -2.93. The second-order valence-corrected chi connectivity index (χ2v) is 9.09. The van der Waals surface area contributed by atoms with E-state index in [0.717, 1.165) is 12.0 Å². The van der Waals surface area contributed by atoms with Gasteiger partial charge in [0.25, 0.3) is 0 Å². The molecule has 0 aromatic heterocycles. The largest absolute Gasteiger partial charge is 0.534 e. The molecule has 176 valence electrons. The predicted molar refractivity (Wildman–Crippen MR) is 104 cm³/mol. The van der Waals surface area contributed by atoms with E-state index in [1.807, 2.05) is 0 Å². The van der Waals surface area contributed by atoms with Crippen LogP contribution in [-0.4, -0.2) is 38.1 Å². The van der Waals surface area contributed by atoms with Crippen LogP contribution in [0.5, 0.6) is 11.5 Å². The molecule has 8 nitrogen and oxygen atoms in total. The summed E-state index contributed by atoms with van der Waals surface area (Å²) in [7, 11) is -4.82. The van der Waals surface area contributed by atoms with Crippen LogP contribution < -0.4 is 8.92 Å². The van der Waals surface area contributed by atoms with Gasteiger partial charge in [-0.2, -0.15) is 21.6 Å². The van der Waals surface area contributed by atoms with Crippen LogP contribution in [0.2, 0.25) is 0 Å². The van der Waals surface area contributed by atoms with Crippen LogP contribution in [0.25, 0.3) is 0 Å². The number of carbonyl (C=O) groups excluding carboxylic acids is 1. The minimum Gasteiger partial charge on any atom is -0.496 e. The highest BCUT2D eigenvalue weighted by Gasteiger charge is 2.50. The van der Waals surface area contributed by atoms with Gasteiger partial charge >= 0.3 is 27.6 Å². The van der Waals surface area contributed by atoms with Gasteiger partial charge in [-0.15, -0.1) is 0 Å². The summed E-state index contributed by atoms with van der Waals surface area (Å²) in [6, 6.07) is 0. The third kappa shape index (κ3) is 4.41. The molecule has 0 radical (unpaired) electrons. The fourth-order valence-electron chi connectivity index (χ4n) is 4.15. The van der Waals surface area contributed by atoms with Gasteiger partial charge in [-0.25, -0.2) is 4.79 Å². The number of carboxylic acids is 1. The van der Waals surface area contributed by atoms with E-state index in [1.165, 1.54) is 7.11 Å². The second-order valence-electron chi connectivity index (χ2n) is 7.55. The molecule has 1 aliphatic carbocycles. The minimum atomic E-state index is -6.08. The van der Waals surface area contributed by atoms with E-state index >= 15 is 0 Å². The number of rotatable bonds is 7. The first-order valence-electron chi connectivity index (χ1n) is 9.68. The van der Waals surface area contributed by atoms with Gasteiger partial charge in [0.15, 0.2) is 5.75 Å². The molecule has 0 amide bonds. The average molecular weight is 478 g/mol. The van der Waals surface area contributed by atoms with E-state index in [2.05, 4.69) is 4.18 Å². The Balaban J connectivity index is 2.15. The topological polar surface area (TPSA) is 116 Å². The van der Waals surface area contributed by atoms with E-state index in [4.69, 9.17) is 14.6 Å². The molecule has 1 aromatic rings. The number of carboxylic acid groups (broad SMARTS) is 1. The molecular weight excluding hydrogens is 457 g/mol. The Morgan fingerprint density at radius 1 is 1.31 bits per heavy atom. The third-order valence-corrected chi connectivity index (χ3v) is 6.59. The molecule has 1 heterocycles. The number of carbonyl (C=O) groups is 2. The lowest BCUT2D eigenvalue weighted by atomic mass is 9.93. The van der Waals surface area contributed by atoms with Crippen molar-refractivity contribution >= 4 is 22.1 Å². The highest BCUT2D eigenvalue weighted by molar-refractivity contribution is 7.88. The number of hydrogen-bond acceptors (Lipinski definition) is 7. The maximum Gasteiger partial charge on any atom is 0.534 e. The van der Waals surface area contributed by atoms with Crippen LogP contribution in [0.4, 0.5) is 13.2 Å². The summed E-state index contributed by atoms with van der Waals surface area (Å²) in [5.41, 5.74) is -4.79. The Bertz CT molecular complexity index is 1090. The number of hydrogen-bond donors (Lipinski definition) is 1. The van der Waals surface area contributed by atoms with Crippen molar-refractivity contribution in [3.63, 3.8) is 0 Å². The lowest BCUT2D eigenvalue weighted by Gasteiger charge is -2.20. The first-order chi connectivity index (χ1) is 14.9. The van der Waals surface area contributed by atoms with E-state index in [0.29, 0.717) is 18.4 Å². The summed E-state index contributed by atoms with van der Waals surface area (Å²) in [6.07, 6.45) is 3.42. The molecule has 1 atom stereocenters. The van der Waals surface area contributed by atoms with Crippen molar-refractivity contribution < 1.29 is 49.9 Å². The molecule has 0 spiro atoms. The lowest BCUT2D eigenvalue weighted by Crippen LogP contribution is -2.29. The van der Waals surface area contributed by atoms with E-state index < -0.39 is 38.9 Å². The van der Waals surface area contributed by atoms with Crippen molar-refractivity contribution in [1.82, 2.24) is 0 Å². The molecular formula is C20H21F3O8S. The summed E-state index contributed by atoms with van der Waals surface area (Å²) in [4.78, 5) is 23.4. The van der Waals surface area contributed by atoms with Gasteiger partial charge in [0, 0.05) is 11.1 Å². The van der Waals surface area contributed by atoms with Crippen LogP contribution in [0.1, 0.15) is 52.7 Å². The first kappa shape index (κ1) is 23.9. The molecule has 0 unspecified atom stereocenters. The number of ether oxygens (including phenoxy) is 2. The maximum atomic E-state index is 13.0. The van der Waals surface area contributed by atoms with Gasteiger partial charge in [0.1, 0.15) is 17.9 Å². The first-order valence-corrected chi connectivity index (χ1v) is 11.1. The molecule has 1 N–H and O–H groups in total. The molecule has 1 saturated carbocycles. The van der Waals surface area contributed by atoms with Crippen molar-refractivity contribution in [2.45, 2.75) is 51.1 Å². The Morgan fingerprint density at radius 3 is 2.59 bits per heavy atom. The Morgan fingerprint density at radius 2 is 2.00 bits per heavy atom. The van der Waals surface area contributed by atoms with Gasteiger partial charge < -0.3 is 18.8 Å². The number of cyclic esters (lactones) is 1. The minimum absolute atomic E-state index is 0.0658. The summed E-state index contributed by atoms with van der Waals surface area (Å²) in [6.45, 7) is 1.31. The van der Waals surface area contributed by atoms with Gasteiger partial charge in [0.05, 0.1) is 13.5 Å². The molecule has 1 aliphatic heterocycles. The summed E-state index contributed by atoms with van der Waals surface area (Å²) < 4.78 is 77.4. The Labute approximate surface area is 182 Å². The number of aliphatic carboxylic acids is 1. The molecule has 1 aromatic carbocycles. The summed E-state index contributed by atoms with van der Waals surface area (Å²) >= 11 is 0. The SMILES string of the molecule is COc1c(C)c2c(c(OS(=O)(=O)C(F)(F)F)c1CC=C1CCC[C@H]1CC(=O)O)C(=O)OC2. The zero-order valence-electron chi connectivity index (χ0n) is 17.2. The van der Waals surface area contributed by atoms with E-state index in [1.54, 1.807) is 13.0 Å². The average Bonchev–Trinajstić information content (AvgIpc) is 3.27. The molecule has 0 saturated heterocycles. The van der Waals surface area contributed by atoms with Crippen LogP contribution in [0, 0.1) is 12.8 Å². The zero-order valence-corrected chi connectivity index (χ0v) is 18.1. The van der Waals surface area contributed by atoms with Crippen molar-refractivity contribution in [2.75, 3.05) is 7.11 Å².